The summed E-state index contributed by atoms with van der Waals surface area (Å²) in [6.45, 7) is -0.0289. The van der Waals surface area contributed by atoms with Gasteiger partial charge in [-0.05, 0) is 30.8 Å². The zero-order valence-corrected chi connectivity index (χ0v) is 20.4. The normalized spacial score (nSPS) is 6.97. The molecule has 0 aliphatic heterocycles. The van der Waals surface area contributed by atoms with Crippen LogP contribution in [0, 0.1) is 0 Å². The summed E-state index contributed by atoms with van der Waals surface area (Å²) >= 11 is 0. The van der Waals surface area contributed by atoms with Gasteiger partial charge in [-0.25, -0.2) is 0 Å². The fraction of sp³-hybridized carbons (Fsp3) is 0.286. The minimum Gasteiger partial charge on any atom is -0.652 e. The van der Waals surface area contributed by atoms with Crippen LogP contribution in [0.3, 0.4) is 0 Å². The van der Waals surface area contributed by atoms with Gasteiger partial charge >= 0.3 is 44.8 Å². The third kappa shape index (κ3) is 4990. The molecule has 0 saturated heterocycles. The summed E-state index contributed by atoms with van der Waals surface area (Å²) in [7, 11) is -3.80. The Kier molecular flexibility index (Phi) is 63.6. The monoisotopic (exact) mass is 787 g/mol. The van der Waals surface area contributed by atoms with Gasteiger partial charge in [0.15, 0.2) is 0 Å². The molecule has 0 atom stereocenters. The molecule has 0 saturated carbocycles. The van der Waals surface area contributed by atoms with Crippen LogP contribution < -0.4 is 56.8 Å². The van der Waals surface area contributed by atoms with Crippen LogP contribution in [0.25, 0.3) is 0 Å². The summed E-state index contributed by atoms with van der Waals surface area (Å²) < 4.78 is 27.3. The van der Waals surface area contributed by atoms with E-state index in [0.717, 1.165) is 0 Å². The van der Waals surface area contributed by atoms with E-state index in [-0.39, 0.29) is 57.1 Å². The third-order valence-corrected chi connectivity index (χ3v) is 1.13. The van der Waals surface area contributed by atoms with Gasteiger partial charge in [-0.15, -0.1) is 0 Å². The Morgan fingerprint density at radius 3 is 0.690 bits per heavy atom. The molecule has 0 amide bonds. The average molecular weight is 787 g/mol. The van der Waals surface area contributed by atoms with Gasteiger partial charge in [0, 0.05) is 6.54 Å². The molecular weight excluding hydrogens is 780 g/mol. The second-order valence-corrected chi connectivity index (χ2v) is 3.90. The largest absolute Gasteiger partial charge is 5.00 e. The van der Waals surface area contributed by atoms with Crippen molar-refractivity contribution in [2.45, 2.75) is 0 Å². The number of hydrogen-bond donors (Lipinski definition) is 2. The van der Waals surface area contributed by atoms with E-state index in [1.807, 2.05) is 0 Å². The zero-order chi connectivity index (χ0) is 23.8. The zero-order valence-electron chi connectivity index (χ0n) is 13.2. The van der Waals surface area contributed by atoms with Gasteiger partial charge in [0.05, 0.1) is 5.75 Å². The molecule has 29 heavy (non-hydrogen) atoms. The van der Waals surface area contributed by atoms with Crippen molar-refractivity contribution in [3.8, 4) is 0 Å². The standard InChI is InChI=1S/C2H7NO3S.5CH2O3.2Ta/c3-1-2-7(4,5)6;5*2-1(3)4;;/h1-3H2,(H,4,5,6);5*(H2,2,3,4);;/q;;;;;;2*+5/p-10. The molecule has 0 spiro atoms. The molecule has 3 N–H and O–H groups in total. The van der Waals surface area contributed by atoms with E-state index in [9.17, 15) is 8.42 Å². The maximum Gasteiger partial charge on any atom is 5.00 e. The average Bonchev–Trinajstić information content (AvgIpc) is 2.21. The maximum atomic E-state index is 9.71. The van der Waals surface area contributed by atoms with E-state index in [4.69, 9.17) is 85.3 Å². The Labute approximate surface area is 191 Å². The predicted octanol–water partition coefficient (Wildman–Crippen LogP) is -13.4. The van der Waals surface area contributed by atoms with Crippen LogP contribution in [0.4, 0.5) is 24.0 Å². The summed E-state index contributed by atoms with van der Waals surface area (Å²) in [5.74, 6) is -0.354. The van der Waals surface area contributed by atoms with E-state index in [1.165, 1.54) is 0 Å². The minimum atomic E-state index is -3.80. The number of hydrogen-bond acceptors (Lipinski definition) is 18. The van der Waals surface area contributed by atoms with Gasteiger partial charge < -0.3 is 80.8 Å². The van der Waals surface area contributed by atoms with Crippen molar-refractivity contribution in [1.29, 1.82) is 0 Å². The topological polar surface area (TPSA) is 396 Å². The van der Waals surface area contributed by atoms with Crippen LogP contribution in [0.1, 0.15) is 0 Å². The minimum absolute atomic E-state index is 0. The molecule has 0 fully saturated rings. The van der Waals surface area contributed by atoms with Gasteiger partial charge in [-0.3, -0.25) is 4.55 Å². The van der Waals surface area contributed by atoms with Crippen molar-refractivity contribution in [2.75, 3.05) is 12.3 Å². The molecule has 0 aliphatic carbocycles. The molecule has 0 aliphatic rings. The van der Waals surface area contributed by atoms with E-state index in [0.29, 0.717) is 0 Å². The Bertz CT molecular complexity index is 431. The molecule has 0 heterocycles. The van der Waals surface area contributed by atoms with Crippen LogP contribution in [0.5, 0.6) is 0 Å². The van der Waals surface area contributed by atoms with Crippen molar-refractivity contribution in [3.05, 3.63) is 0 Å². The van der Waals surface area contributed by atoms with Crippen molar-refractivity contribution < 1.29 is 133 Å². The summed E-state index contributed by atoms with van der Waals surface area (Å²) in [4.78, 5) is 41.7. The molecule has 0 aromatic carbocycles. The summed E-state index contributed by atoms with van der Waals surface area (Å²) in [5, 5.41) is 83.3. The quantitative estimate of drug-likeness (QED) is 0.245. The smallest absolute Gasteiger partial charge is 0.652 e. The fourth-order valence-corrected chi connectivity index (χ4v) is 0.447. The maximum absolute atomic E-state index is 9.71. The van der Waals surface area contributed by atoms with E-state index in [2.05, 4.69) is 0 Å². The second kappa shape index (κ2) is 36.6. The fourth-order valence-electron chi connectivity index (χ4n) is 0.149. The van der Waals surface area contributed by atoms with Crippen LogP contribution in [0.15, 0.2) is 0 Å². The molecular formula is C7H7NO18STa2. The van der Waals surface area contributed by atoms with E-state index in [1.54, 1.807) is 0 Å². The van der Waals surface area contributed by atoms with Crippen molar-refractivity contribution in [1.82, 2.24) is 0 Å². The molecule has 0 aromatic heterocycles. The van der Waals surface area contributed by atoms with Crippen molar-refractivity contribution in [3.63, 3.8) is 0 Å². The van der Waals surface area contributed by atoms with Crippen molar-refractivity contribution >= 4 is 40.9 Å². The van der Waals surface area contributed by atoms with Crippen LogP contribution in [-0.4, -0.2) is 56.0 Å². The molecule has 0 bridgehead atoms. The first-order valence-electron chi connectivity index (χ1n) is 4.77. The number of rotatable bonds is 2. The molecule has 0 rings (SSSR count). The number of carboxylic acid groups (broad SMARTS) is 10. The van der Waals surface area contributed by atoms with Gasteiger partial charge in [-0.2, -0.15) is 8.42 Å². The molecule has 19 nitrogen and oxygen atoms in total. The van der Waals surface area contributed by atoms with Crippen LogP contribution in [0.2, 0.25) is 0 Å². The van der Waals surface area contributed by atoms with Crippen LogP contribution in [-0.2, 0) is 54.9 Å². The molecule has 22 heteroatoms. The number of carbonyl (C=O) groups is 5. The van der Waals surface area contributed by atoms with Crippen molar-refractivity contribution in [2.24, 2.45) is 5.73 Å². The SMILES string of the molecule is NCCS(=O)(=O)O.O=C([O-])[O-].O=C([O-])[O-].O=C([O-])[O-].O=C([O-])[O-].O=C([O-])[O-].[Ta+5].[Ta+5]. The van der Waals surface area contributed by atoms with Gasteiger partial charge in [-0.1, -0.05) is 0 Å². The summed E-state index contributed by atoms with van der Waals surface area (Å²) in [5.41, 5.74) is 4.78. The van der Waals surface area contributed by atoms with Crippen LogP contribution >= 0.6 is 0 Å². The molecule has 0 unspecified atom stereocenters. The number of carbonyl (C=O) groups excluding carboxylic acids is 5. The Hall–Kier alpha value is -2.30. The first-order chi connectivity index (χ1) is 11.7. The Morgan fingerprint density at radius 1 is 0.586 bits per heavy atom. The van der Waals surface area contributed by atoms with E-state index < -0.39 is 40.9 Å². The Morgan fingerprint density at radius 2 is 0.690 bits per heavy atom. The van der Waals surface area contributed by atoms with E-state index >= 15 is 0 Å². The summed E-state index contributed by atoms with van der Waals surface area (Å²) in [6, 6.07) is 0. The molecule has 0 radical (unpaired) electrons. The Balaban J connectivity index is -0.0000000305. The molecule has 0 aromatic rings. The first kappa shape index (κ1) is 50.4. The first-order valence-corrected chi connectivity index (χ1v) is 6.38. The van der Waals surface area contributed by atoms with Gasteiger partial charge in [0.1, 0.15) is 0 Å². The summed E-state index contributed by atoms with van der Waals surface area (Å²) in [6.07, 6.45) is -11.7. The van der Waals surface area contributed by atoms with Gasteiger partial charge in [0.2, 0.25) is 0 Å². The third-order valence-electron chi connectivity index (χ3n) is 0.376. The van der Waals surface area contributed by atoms with Gasteiger partial charge in [0.25, 0.3) is 10.1 Å². The predicted molar refractivity (Wildman–Crippen MR) is 52.5 cm³/mol. The molecule has 164 valence electrons. The number of nitrogens with two attached hydrogens (primary N) is 1. The second-order valence-electron chi connectivity index (χ2n) is 2.32.